The van der Waals surface area contributed by atoms with E-state index in [1.807, 2.05) is 30.0 Å². The van der Waals surface area contributed by atoms with Crippen molar-refractivity contribution in [1.29, 1.82) is 0 Å². The Morgan fingerprint density at radius 2 is 1.97 bits per heavy atom. The Morgan fingerprint density at radius 1 is 1.19 bits per heavy atom. The normalized spacial score (nSPS) is 16.4. The minimum atomic E-state index is -0.364. The van der Waals surface area contributed by atoms with E-state index >= 15 is 4.39 Å². The molecule has 0 spiro atoms. The van der Waals surface area contributed by atoms with Crippen LogP contribution in [-0.4, -0.2) is 73.4 Å². The van der Waals surface area contributed by atoms with E-state index in [0.717, 1.165) is 44.8 Å². The summed E-state index contributed by atoms with van der Waals surface area (Å²) in [4.78, 5) is 17.7. The maximum Gasteiger partial charge on any atom is 0.303 e. The molecule has 0 unspecified atom stereocenters. The van der Waals surface area contributed by atoms with Crippen LogP contribution in [0, 0.1) is 19.7 Å². The van der Waals surface area contributed by atoms with Crippen molar-refractivity contribution in [1.82, 2.24) is 4.98 Å². The predicted octanol–water partition coefficient (Wildman–Crippen LogP) is 4.57. The van der Waals surface area contributed by atoms with Gasteiger partial charge in [0.25, 0.3) is 0 Å². The SMILES string of the molecule is CC(=O)O[C@@H]1COc2cc(NCc3ccc(C)c(-c4cnc(N5CCOCC5)c(F)c4)c3C)ccc21.[Na]. The molecular weight excluding hydrogens is 484 g/mol. The molecule has 2 aliphatic rings. The van der Waals surface area contributed by atoms with E-state index in [4.69, 9.17) is 14.2 Å². The molecule has 0 amide bonds. The number of hydrogen-bond donors (Lipinski definition) is 1. The summed E-state index contributed by atoms with van der Waals surface area (Å²) in [6, 6.07) is 11.5. The molecule has 1 saturated heterocycles. The van der Waals surface area contributed by atoms with E-state index in [9.17, 15) is 4.79 Å². The van der Waals surface area contributed by atoms with Crippen molar-refractivity contribution in [3.8, 4) is 16.9 Å². The van der Waals surface area contributed by atoms with Crippen LogP contribution in [0.5, 0.6) is 5.75 Å². The number of halogens is 1. The Morgan fingerprint density at radius 3 is 2.70 bits per heavy atom. The van der Waals surface area contributed by atoms with E-state index in [-0.39, 0.29) is 47.4 Å². The number of aromatic nitrogens is 1. The summed E-state index contributed by atoms with van der Waals surface area (Å²) in [6.07, 6.45) is 1.40. The number of pyridine rings is 1. The number of fused-ring (bicyclic) bond motifs is 1. The molecule has 9 heteroatoms. The summed E-state index contributed by atoms with van der Waals surface area (Å²) >= 11 is 0. The van der Waals surface area contributed by atoms with Crippen molar-refractivity contribution in [2.75, 3.05) is 43.1 Å². The van der Waals surface area contributed by atoms with Crippen molar-refractivity contribution >= 4 is 47.0 Å². The number of aryl methyl sites for hydroxylation is 1. The Kier molecular flexibility index (Phi) is 8.75. The van der Waals surface area contributed by atoms with Crippen LogP contribution in [0.15, 0.2) is 42.6 Å². The molecule has 189 valence electrons. The molecule has 1 atom stereocenters. The smallest absolute Gasteiger partial charge is 0.303 e. The molecule has 2 aromatic carbocycles. The molecular formula is C28H30FN3NaO4. The Hall–Kier alpha value is -2.65. The van der Waals surface area contributed by atoms with E-state index in [1.54, 1.807) is 12.3 Å². The first-order valence-corrected chi connectivity index (χ1v) is 12.2. The van der Waals surface area contributed by atoms with Gasteiger partial charge >= 0.3 is 5.97 Å². The fourth-order valence-electron chi connectivity index (χ4n) is 4.89. The third-order valence-electron chi connectivity index (χ3n) is 6.75. The van der Waals surface area contributed by atoms with Crippen LogP contribution in [0.25, 0.3) is 11.1 Å². The average Bonchev–Trinajstić information content (AvgIpc) is 3.25. The zero-order valence-electron chi connectivity index (χ0n) is 21.8. The van der Waals surface area contributed by atoms with E-state index in [0.29, 0.717) is 45.3 Å². The zero-order valence-corrected chi connectivity index (χ0v) is 23.8. The quantitative estimate of drug-likeness (QED) is 0.382. The van der Waals surface area contributed by atoms with Crippen LogP contribution in [0.2, 0.25) is 0 Å². The summed E-state index contributed by atoms with van der Waals surface area (Å²) in [6.45, 7) is 8.85. The monoisotopic (exact) mass is 514 g/mol. The van der Waals surface area contributed by atoms with Gasteiger partial charge in [-0.2, -0.15) is 0 Å². The fourth-order valence-corrected chi connectivity index (χ4v) is 4.89. The summed E-state index contributed by atoms with van der Waals surface area (Å²) in [7, 11) is 0. The third-order valence-corrected chi connectivity index (χ3v) is 6.75. The number of benzene rings is 2. The second-order valence-electron chi connectivity index (χ2n) is 9.19. The molecule has 2 aliphatic heterocycles. The van der Waals surface area contributed by atoms with Crippen LogP contribution in [0.1, 0.15) is 35.3 Å². The minimum Gasteiger partial charge on any atom is -0.489 e. The van der Waals surface area contributed by atoms with E-state index in [1.165, 1.54) is 6.92 Å². The number of anilines is 2. The van der Waals surface area contributed by atoms with E-state index < -0.39 is 0 Å². The van der Waals surface area contributed by atoms with Crippen molar-refractivity contribution in [3.63, 3.8) is 0 Å². The third kappa shape index (κ3) is 5.93. The predicted molar refractivity (Wildman–Crippen MR) is 142 cm³/mol. The first-order valence-electron chi connectivity index (χ1n) is 12.2. The van der Waals surface area contributed by atoms with Crippen LogP contribution >= 0.6 is 0 Å². The van der Waals surface area contributed by atoms with Crippen molar-refractivity contribution in [2.45, 2.75) is 33.4 Å². The van der Waals surface area contributed by atoms with Gasteiger partial charge in [0.05, 0.1) is 13.2 Å². The second-order valence-corrected chi connectivity index (χ2v) is 9.19. The Bertz CT molecular complexity index is 1300. The second kappa shape index (κ2) is 11.8. The Labute approximate surface area is 238 Å². The number of nitrogens with one attached hydrogen (secondary N) is 1. The van der Waals surface area contributed by atoms with Crippen LogP contribution in [0.3, 0.4) is 0 Å². The fraction of sp³-hybridized carbons (Fsp3) is 0.357. The molecule has 1 radical (unpaired) electrons. The van der Waals surface area contributed by atoms with Crippen molar-refractivity contribution < 1.29 is 23.4 Å². The van der Waals surface area contributed by atoms with Gasteiger partial charge in [-0.15, -0.1) is 0 Å². The first kappa shape index (κ1) is 27.4. The summed E-state index contributed by atoms with van der Waals surface area (Å²) in [5, 5.41) is 3.45. The van der Waals surface area contributed by atoms with Gasteiger partial charge in [-0.1, -0.05) is 12.1 Å². The molecule has 5 rings (SSSR count). The van der Waals surface area contributed by atoms with Gasteiger partial charge in [-0.25, -0.2) is 9.37 Å². The number of carbonyl (C=O) groups is 1. The summed E-state index contributed by atoms with van der Waals surface area (Å²) in [5.41, 5.74) is 6.79. The molecule has 3 aromatic rings. The number of nitrogens with zero attached hydrogens (tertiary/aromatic N) is 2. The molecule has 37 heavy (non-hydrogen) atoms. The molecule has 0 bridgehead atoms. The maximum absolute atomic E-state index is 15.1. The van der Waals surface area contributed by atoms with Gasteiger partial charge in [-0.3, -0.25) is 4.79 Å². The molecule has 3 heterocycles. The average molecular weight is 515 g/mol. The van der Waals surface area contributed by atoms with Crippen LogP contribution < -0.4 is 15.0 Å². The maximum atomic E-state index is 15.1. The van der Waals surface area contributed by atoms with Gasteiger partial charge < -0.3 is 24.4 Å². The largest absolute Gasteiger partial charge is 0.489 e. The number of carbonyl (C=O) groups excluding carboxylic acids is 1. The van der Waals surface area contributed by atoms with Crippen molar-refractivity contribution in [3.05, 3.63) is 70.7 Å². The molecule has 0 aliphatic carbocycles. The Balaban J connectivity index is 0.00000320. The van der Waals surface area contributed by atoms with E-state index in [2.05, 4.69) is 29.4 Å². The number of morpholine rings is 1. The number of ether oxygens (including phenoxy) is 3. The van der Waals surface area contributed by atoms with Gasteiger partial charge in [0.2, 0.25) is 0 Å². The standard InChI is InChI=1S/C28H30FN3O4.Na/c1-17-4-5-20(14-30-22-6-7-23-25(13-22)35-16-26(23)36-19(3)33)18(2)27(17)21-12-24(29)28(31-15-21)32-8-10-34-11-9-32;/h4-7,12-13,15,26,30H,8-11,14,16H2,1-3H3;/t26-;/m1./s1. The summed E-state index contributed by atoms with van der Waals surface area (Å²) < 4.78 is 31.5. The van der Waals surface area contributed by atoms with Crippen molar-refractivity contribution in [2.24, 2.45) is 0 Å². The molecule has 1 fully saturated rings. The summed E-state index contributed by atoms with van der Waals surface area (Å²) in [5.74, 6) is 0.455. The van der Waals surface area contributed by atoms with Gasteiger partial charge in [-0.05, 0) is 54.3 Å². The number of rotatable bonds is 6. The van der Waals surface area contributed by atoms with Gasteiger partial charge in [0, 0.05) is 85.2 Å². The number of hydrogen-bond acceptors (Lipinski definition) is 7. The van der Waals surface area contributed by atoms with Gasteiger partial charge in [0.1, 0.15) is 12.4 Å². The topological polar surface area (TPSA) is 72.9 Å². The zero-order chi connectivity index (χ0) is 25.2. The minimum absolute atomic E-state index is 0. The number of esters is 1. The first-order chi connectivity index (χ1) is 17.4. The van der Waals surface area contributed by atoms with Crippen LogP contribution in [0.4, 0.5) is 15.9 Å². The molecule has 1 aromatic heterocycles. The molecule has 0 saturated carbocycles. The van der Waals surface area contributed by atoms with Gasteiger partial charge in [0.15, 0.2) is 17.7 Å². The van der Waals surface area contributed by atoms with Crippen LogP contribution in [-0.2, 0) is 20.8 Å². The molecule has 1 N–H and O–H groups in total. The molecule has 7 nitrogen and oxygen atoms in total.